The summed E-state index contributed by atoms with van der Waals surface area (Å²) in [6.45, 7) is 0. The number of hydrogen-bond acceptors (Lipinski definition) is 4. The van der Waals surface area contributed by atoms with Crippen LogP contribution in [0.15, 0.2) is 78.9 Å². The maximum Gasteiger partial charge on any atom is 0.169 e. The minimum absolute atomic E-state index is 0.762. The molecule has 4 aromatic carbocycles. The van der Waals surface area contributed by atoms with Crippen LogP contribution in [0.4, 0.5) is 0 Å². The molecule has 2 heterocycles. The van der Waals surface area contributed by atoms with Crippen LogP contribution in [-0.4, -0.2) is 51.9 Å². The monoisotopic (exact) mass is 535 g/mol. The van der Waals surface area contributed by atoms with Gasteiger partial charge in [-0.25, -0.2) is 0 Å². The summed E-state index contributed by atoms with van der Waals surface area (Å²) in [6, 6.07) is 28.0. The van der Waals surface area contributed by atoms with Crippen molar-refractivity contribution in [3.05, 3.63) is 101 Å². The lowest BCUT2D eigenvalue weighted by Crippen LogP contribution is -2.26. The van der Waals surface area contributed by atoms with E-state index in [1.165, 1.54) is 44.1 Å². The van der Waals surface area contributed by atoms with Crippen LogP contribution in [0.3, 0.4) is 0 Å². The van der Waals surface area contributed by atoms with Gasteiger partial charge in [0.2, 0.25) is 0 Å². The lowest BCUT2D eigenvalue weighted by molar-refractivity contribution is 0.356. The number of ether oxygens (including phenoxy) is 3. The van der Waals surface area contributed by atoms with E-state index in [1.54, 1.807) is 21.3 Å². The Hall–Kier alpha value is -3.72. The van der Waals surface area contributed by atoms with Gasteiger partial charge in [-0.1, -0.05) is 68.2 Å². The first-order valence-corrected chi connectivity index (χ1v) is 15.0. The first-order valence-electron chi connectivity index (χ1n) is 13.3. The van der Waals surface area contributed by atoms with Crippen molar-refractivity contribution >= 4 is 24.4 Å². The van der Waals surface area contributed by atoms with Gasteiger partial charge in [0.1, 0.15) is 5.75 Å². The number of methoxy groups -OCH3 is 3. The third-order valence-corrected chi connectivity index (χ3v) is 10.9. The Balaban J connectivity index is 1.61. The van der Waals surface area contributed by atoms with E-state index < -0.39 is 7.55 Å². The second-order valence-electron chi connectivity index (χ2n) is 10.2. The third-order valence-electron chi connectivity index (χ3n) is 7.84. The standard InChI is InChI=1S/C34H34NO3P/c1-35(2)34-29-20-30(37-4)33(38-5)32(24-13-11-23(12-14-24)22-9-7-6-8-10-22)28(29)21-31-27-16-15-26(36-3)19-25(27)17-18-39(31)34/h6-16,19-21,39H,17-18H2,1-5H3. The average molecular weight is 536 g/mol. The van der Waals surface area contributed by atoms with Gasteiger partial charge in [0.15, 0.2) is 11.5 Å². The third kappa shape index (κ3) is 4.38. The van der Waals surface area contributed by atoms with E-state index in [0.29, 0.717) is 0 Å². The maximum atomic E-state index is 6.05. The van der Waals surface area contributed by atoms with Crippen molar-refractivity contribution in [2.24, 2.45) is 0 Å². The molecule has 1 unspecified atom stereocenters. The van der Waals surface area contributed by atoms with E-state index in [0.717, 1.165) is 41.0 Å². The quantitative estimate of drug-likeness (QED) is 0.241. The van der Waals surface area contributed by atoms with Gasteiger partial charge in [-0.15, -0.1) is 0 Å². The first-order chi connectivity index (χ1) is 19.0. The van der Waals surface area contributed by atoms with Crippen LogP contribution in [0.2, 0.25) is 0 Å². The van der Waals surface area contributed by atoms with Crippen molar-refractivity contribution in [2.75, 3.05) is 41.6 Å². The van der Waals surface area contributed by atoms with Crippen LogP contribution in [0.1, 0.15) is 22.3 Å². The summed E-state index contributed by atoms with van der Waals surface area (Å²) < 4.78 is 17.5. The van der Waals surface area contributed by atoms with E-state index in [2.05, 4.69) is 97.9 Å². The SMILES string of the molecule is COc1ccc2c(c1)CC[PH]1=C(N(C)C)c3cc(OC)c(OC)c(-c4ccc(-c5ccccc5)cc4)c3C=C21. The summed E-state index contributed by atoms with van der Waals surface area (Å²) in [5, 5.41) is 1.45. The van der Waals surface area contributed by atoms with Crippen LogP contribution in [0, 0.1) is 0 Å². The number of benzene rings is 4. The highest BCUT2D eigenvalue weighted by atomic mass is 31.1. The Kier molecular flexibility index (Phi) is 6.85. The summed E-state index contributed by atoms with van der Waals surface area (Å²) >= 11 is 0. The highest BCUT2D eigenvalue weighted by molar-refractivity contribution is 7.70. The van der Waals surface area contributed by atoms with Crippen LogP contribution >= 0.6 is 7.55 Å². The zero-order chi connectivity index (χ0) is 27.1. The Morgan fingerprint density at radius 2 is 1.44 bits per heavy atom. The van der Waals surface area contributed by atoms with E-state index in [9.17, 15) is 0 Å². The summed E-state index contributed by atoms with van der Waals surface area (Å²) in [5.74, 6) is 2.45. The second-order valence-corrected chi connectivity index (χ2v) is 12.7. The molecule has 198 valence electrons. The van der Waals surface area contributed by atoms with Crippen molar-refractivity contribution in [1.29, 1.82) is 0 Å². The molecule has 0 aromatic heterocycles. The van der Waals surface area contributed by atoms with Gasteiger partial charge in [-0.2, -0.15) is 0 Å². The molecule has 0 aliphatic carbocycles. The largest absolute Gasteiger partial charge is 0.497 e. The molecule has 4 aromatic rings. The molecular weight excluding hydrogens is 501 g/mol. The van der Waals surface area contributed by atoms with E-state index >= 15 is 0 Å². The van der Waals surface area contributed by atoms with Crippen LogP contribution in [-0.2, 0) is 6.42 Å². The fourth-order valence-corrected chi connectivity index (χ4v) is 9.29. The Labute approximate surface area is 231 Å². The number of fused-ring (bicyclic) bond motifs is 4. The summed E-state index contributed by atoms with van der Waals surface area (Å²) in [5.41, 5.74) is 11.1. The van der Waals surface area contributed by atoms with Crippen molar-refractivity contribution in [2.45, 2.75) is 6.42 Å². The summed E-state index contributed by atoms with van der Waals surface area (Å²) in [4.78, 5) is 2.32. The number of nitrogens with zero attached hydrogens (tertiary/aromatic N) is 1. The van der Waals surface area contributed by atoms with Crippen molar-refractivity contribution in [3.8, 4) is 39.5 Å². The molecule has 0 fully saturated rings. The van der Waals surface area contributed by atoms with Crippen molar-refractivity contribution in [1.82, 2.24) is 4.90 Å². The molecule has 1 atom stereocenters. The van der Waals surface area contributed by atoms with Crippen LogP contribution < -0.4 is 14.2 Å². The first kappa shape index (κ1) is 25.6. The van der Waals surface area contributed by atoms with Gasteiger partial charge in [-0.05, 0) is 89.6 Å². The molecule has 0 saturated carbocycles. The molecule has 5 heteroatoms. The van der Waals surface area contributed by atoms with Gasteiger partial charge >= 0.3 is 0 Å². The molecule has 2 aliphatic rings. The van der Waals surface area contributed by atoms with Gasteiger partial charge < -0.3 is 14.2 Å². The zero-order valence-electron chi connectivity index (χ0n) is 23.2. The predicted molar refractivity (Wildman–Crippen MR) is 166 cm³/mol. The molecular formula is C34H34NO3P. The highest BCUT2D eigenvalue weighted by Crippen LogP contribution is 2.56. The second kappa shape index (κ2) is 10.4. The molecule has 6 rings (SSSR count). The van der Waals surface area contributed by atoms with Crippen molar-refractivity contribution in [3.63, 3.8) is 0 Å². The van der Waals surface area contributed by atoms with Crippen molar-refractivity contribution < 1.29 is 14.2 Å². The molecule has 0 saturated heterocycles. The van der Waals surface area contributed by atoms with E-state index in [1.807, 2.05) is 6.07 Å². The van der Waals surface area contributed by atoms with Gasteiger partial charge in [-0.3, -0.25) is 4.90 Å². The Bertz CT molecular complexity index is 1620. The fourth-order valence-electron chi connectivity index (χ4n) is 6.05. The minimum Gasteiger partial charge on any atom is -0.497 e. The zero-order valence-corrected chi connectivity index (χ0v) is 24.2. The lowest BCUT2D eigenvalue weighted by Gasteiger charge is -2.34. The Morgan fingerprint density at radius 3 is 2.10 bits per heavy atom. The molecule has 0 spiro atoms. The van der Waals surface area contributed by atoms with Gasteiger partial charge in [0, 0.05) is 16.5 Å². The van der Waals surface area contributed by atoms with Gasteiger partial charge in [0.25, 0.3) is 0 Å². The van der Waals surface area contributed by atoms with E-state index in [4.69, 9.17) is 14.2 Å². The molecule has 2 aliphatic heterocycles. The topological polar surface area (TPSA) is 30.9 Å². The normalized spacial score (nSPS) is 15.7. The molecule has 4 nitrogen and oxygen atoms in total. The molecule has 0 bridgehead atoms. The smallest absolute Gasteiger partial charge is 0.169 e. The Morgan fingerprint density at radius 1 is 0.718 bits per heavy atom. The summed E-state index contributed by atoms with van der Waals surface area (Å²) in [6.07, 6.45) is 4.65. The molecule has 0 radical (unpaired) electrons. The fraction of sp³-hybridized carbons (Fsp3) is 0.206. The summed E-state index contributed by atoms with van der Waals surface area (Å²) in [7, 11) is 8.56. The predicted octanol–water partition coefficient (Wildman–Crippen LogP) is 7.37. The number of hydrogen-bond donors (Lipinski definition) is 0. The minimum atomic E-state index is -0.988. The average Bonchev–Trinajstić information content (AvgIpc) is 2.98. The van der Waals surface area contributed by atoms with Crippen LogP contribution in [0.5, 0.6) is 17.2 Å². The van der Waals surface area contributed by atoms with Gasteiger partial charge in [0.05, 0.1) is 21.3 Å². The molecule has 0 amide bonds. The molecule has 0 N–H and O–H groups in total. The number of aryl methyl sites for hydroxylation is 1. The number of rotatable bonds is 6. The highest BCUT2D eigenvalue weighted by Gasteiger charge is 2.31. The molecule has 39 heavy (non-hydrogen) atoms. The van der Waals surface area contributed by atoms with Crippen LogP contribution in [0.25, 0.3) is 33.6 Å². The lowest BCUT2D eigenvalue weighted by atomic mass is 9.90. The maximum absolute atomic E-state index is 6.05. The van der Waals surface area contributed by atoms with E-state index in [-0.39, 0.29) is 0 Å².